The molecule has 10 heteroatoms. The predicted molar refractivity (Wildman–Crippen MR) is 75.8 cm³/mol. The van der Waals surface area contributed by atoms with Gasteiger partial charge in [-0.3, -0.25) is 14.8 Å². The van der Waals surface area contributed by atoms with Crippen LogP contribution in [0.1, 0.15) is 5.69 Å². The van der Waals surface area contributed by atoms with Gasteiger partial charge in [0.2, 0.25) is 0 Å². The molecule has 0 fully saturated rings. The number of hydrogen-bond donors (Lipinski definition) is 1. The zero-order valence-electron chi connectivity index (χ0n) is 10.0. The number of anilines is 1. The number of rotatable bonds is 4. The van der Waals surface area contributed by atoms with E-state index >= 15 is 0 Å². The van der Waals surface area contributed by atoms with E-state index in [1.165, 1.54) is 6.07 Å². The lowest BCUT2D eigenvalue weighted by molar-refractivity contribution is -0.385. The van der Waals surface area contributed by atoms with E-state index in [0.717, 1.165) is 23.5 Å². The SMILES string of the molecule is Cc1csc(NS(=O)(=O)c2cc([N+](=O)[O-])ccc2Cl)n1. The highest BCUT2D eigenvalue weighted by atomic mass is 35.5. The molecule has 0 amide bonds. The first-order valence-electron chi connectivity index (χ1n) is 5.18. The number of nitrogens with zero attached hydrogens (tertiary/aromatic N) is 2. The molecule has 2 aromatic rings. The monoisotopic (exact) mass is 333 g/mol. The number of sulfonamides is 1. The molecule has 0 radical (unpaired) electrons. The van der Waals surface area contributed by atoms with E-state index in [0.29, 0.717) is 5.69 Å². The summed E-state index contributed by atoms with van der Waals surface area (Å²) in [5, 5.41) is 12.4. The van der Waals surface area contributed by atoms with Gasteiger partial charge in [-0.25, -0.2) is 13.4 Å². The van der Waals surface area contributed by atoms with Gasteiger partial charge in [0.05, 0.1) is 15.6 Å². The molecule has 7 nitrogen and oxygen atoms in total. The molecule has 0 spiro atoms. The Morgan fingerprint density at radius 3 is 2.70 bits per heavy atom. The Bertz CT molecular complexity index is 773. The summed E-state index contributed by atoms with van der Waals surface area (Å²) < 4.78 is 26.5. The van der Waals surface area contributed by atoms with Crippen LogP contribution in [0, 0.1) is 17.0 Å². The second-order valence-electron chi connectivity index (χ2n) is 3.77. The molecular weight excluding hydrogens is 326 g/mol. The van der Waals surface area contributed by atoms with Crippen LogP contribution in [0.5, 0.6) is 0 Å². The molecule has 1 aromatic heterocycles. The van der Waals surface area contributed by atoms with Gasteiger partial charge in [0, 0.05) is 17.5 Å². The number of halogens is 1. The average molecular weight is 334 g/mol. The van der Waals surface area contributed by atoms with E-state index in [1.54, 1.807) is 12.3 Å². The number of nitro groups is 1. The molecule has 0 unspecified atom stereocenters. The number of nitro benzene ring substituents is 1. The second kappa shape index (κ2) is 5.35. The summed E-state index contributed by atoms with van der Waals surface area (Å²) in [5.41, 5.74) is 0.308. The van der Waals surface area contributed by atoms with Crippen molar-refractivity contribution in [2.75, 3.05) is 4.72 Å². The molecule has 0 aliphatic rings. The Balaban J connectivity index is 2.43. The van der Waals surface area contributed by atoms with E-state index in [9.17, 15) is 18.5 Å². The van der Waals surface area contributed by atoms with Crippen molar-refractivity contribution in [1.82, 2.24) is 4.98 Å². The third-order valence-corrected chi connectivity index (χ3v) is 5.08. The summed E-state index contributed by atoms with van der Waals surface area (Å²) >= 11 is 6.91. The van der Waals surface area contributed by atoms with Gasteiger partial charge in [0.15, 0.2) is 5.13 Å². The summed E-state index contributed by atoms with van der Waals surface area (Å²) in [4.78, 5) is 13.6. The zero-order chi connectivity index (χ0) is 14.9. The maximum Gasteiger partial charge on any atom is 0.270 e. The fourth-order valence-electron chi connectivity index (χ4n) is 1.38. The van der Waals surface area contributed by atoms with Crippen LogP contribution in [-0.4, -0.2) is 18.3 Å². The standard InChI is InChI=1S/C10H8ClN3O4S2/c1-6-5-19-10(12-6)13-20(17,18)9-4-7(14(15)16)2-3-8(9)11/h2-5H,1H3,(H,12,13). The summed E-state index contributed by atoms with van der Waals surface area (Å²) in [6.07, 6.45) is 0. The number of benzene rings is 1. The Kier molecular flexibility index (Phi) is 3.93. The van der Waals surface area contributed by atoms with Crippen LogP contribution in [0.4, 0.5) is 10.8 Å². The Morgan fingerprint density at radius 2 is 2.15 bits per heavy atom. The molecule has 0 bridgehead atoms. The third kappa shape index (κ3) is 3.06. The van der Waals surface area contributed by atoms with Crippen LogP contribution >= 0.6 is 22.9 Å². The van der Waals surface area contributed by atoms with Gasteiger partial charge in [0.1, 0.15) is 4.90 Å². The van der Waals surface area contributed by atoms with E-state index in [-0.39, 0.29) is 20.7 Å². The molecule has 1 N–H and O–H groups in total. The smallest absolute Gasteiger partial charge is 0.258 e. The highest BCUT2D eigenvalue weighted by Gasteiger charge is 2.22. The number of non-ortho nitro benzene ring substituents is 1. The van der Waals surface area contributed by atoms with Crippen molar-refractivity contribution >= 4 is 43.8 Å². The first-order valence-corrected chi connectivity index (χ1v) is 7.92. The first-order chi connectivity index (χ1) is 9.29. The molecule has 0 saturated heterocycles. The van der Waals surface area contributed by atoms with Gasteiger partial charge < -0.3 is 0 Å². The van der Waals surface area contributed by atoms with Crippen LogP contribution in [0.2, 0.25) is 5.02 Å². The van der Waals surface area contributed by atoms with Crippen molar-refractivity contribution in [3.05, 3.63) is 44.4 Å². The van der Waals surface area contributed by atoms with E-state index < -0.39 is 14.9 Å². The van der Waals surface area contributed by atoms with Crippen molar-refractivity contribution in [2.45, 2.75) is 11.8 Å². The fourth-order valence-corrected chi connectivity index (χ4v) is 3.84. The van der Waals surface area contributed by atoms with Crippen molar-refractivity contribution in [3.63, 3.8) is 0 Å². The molecule has 1 heterocycles. The van der Waals surface area contributed by atoms with E-state index in [1.807, 2.05) is 0 Å². The maximum absolute atomic E-state index is 12.2. The summed E-state index contributed by atoms with van der Waals surface area (Å²) in [7, 11) is -4.03. The van der Waals surface area contributed by atoms with Crippen molar-refractivity contribution in [3.8, 4) is 0 Å². The molecular formula is C10H8ClN3O4S2. The zero-order valence-corrected chi connectivity index (χ0v) is 12.4. The average Bonchev–Trinajstić information content (AvgIpc) is 2.73. The first kappa shape index (κ1) is 14.7. The number of aromatic nitrogens is 1. The van der Waals surface area contributed by atoms with Gasteiger partial charge in [-0.2, -0.15) is 0 Å². The molecule has 0 saturated carbocycles. The topological polar surface area (TPSA) is 102 Å². The molecule has 20 heavy (non-hydrogen) atoms. The predicted octanol–water partition coefficient (Wildman–Crippen LogP) is 2.81. The second-order valence-corrected chi connectivity index (χ2v) is 6.69. The van der Waals surface area contributed by atoms with Gasteiger partial charge >= 0.3 is 0 Å². The van der Waals surface area contributed by atoms with Crippen molar-refractivity contribution in [2.24, 2.45) is 0 Å². The molecule has 106 valence electrons. The molecule has 0 aliphatic heterocycles. The number of aryl methyl sites for hydroxylation is 1. The lowest BCUT2D eigenvalue weighted by Gasteiger charge is -2.06. The van der Waals surface area contributed by atoms with Crippen LogP contribution in [0.25, 0.3) is 0 Å². The Morgan fingerprint density at radius 1 is 1.45 bits per heavy atom. The minimum absolute atomic E-state index is 0.101. The quantitative estimate of drug-likeness (QED) is 0.684. The lowest BCUT2D eigenvalue weighted by Crippen LogP contribution is -2.13. The maximum atomic E-state index is 12.2. The molecule has 0 atom stereocenters. The summed E-state index contributed by atoms with van der Waals surface area (Å²) in [6.45, 7) is 1.72. The summed E-state index contributed by atoms with van der Waals surface area (Å²) in [5.74, 6) is 0. The molecule has 2 rings (SSSR count). The minimum Gasteiger partial charge on any atom is -0.258 e. The van der Waals surface area contributed by atoms with Crippen molar-refractivity contribution in [1.29, 1.82) is 0 Å². The molecule has 1 aromatic carbocycles. The third-order valence-electron chi connectivity index (χ3n) is 2.26. The normalized spacial score (nSPS) is 11.3. The highest BCUT2D eigenvalue weighted by Crippen LogP contribution is 2.28. The van der Waals surface area contributed by atoms with E-state index in [2.05, 4.69) is 9.71 Å². The number of thiazole rings is 1. The van der Waals surface area contributed by atoms with Crippen molar-refractivity contribution < 1.29 is 13.3 Å². The fraction of sp³-hybridized carbons (Fsp3) is 0.100. The van der Waals surface area contributed by atoms with Crippen LogP contribution in [0.3, 0.4) is 0 Å². The number of hydrogen-bond acceptors (Lipinski definition) is 6. The van der Waals surface area contributed by atoms with Crippen LogP contribution < -0.4 is 4.72 Å². The van der Waals surface area contributed by atoms with Gasteiger partial charge in [-0.1, -0.05) is 11.6 Å². The number of nitrogens with one attached hydrogen (secondary N) is 1. The largest absolute Gasteiger partial charge is 0.270 e. The van der Waals surface area contributed by atoms with E-state index in [4.69, 9.17) is 11.6 Å². The molecule has 0 aliphatic carbocycles. The Hall–Kier alpha value is -1.71. The van der Waals surface area contributed by atoms with Gasteiger partial charge in [-0.15, -0.1) is 11.3 Å². The van der Waals surface area contributed by atoms with Gasteiger partial charge in [0.25, 0.3) is 15.7 Å². The van der Waals surface area contributed by atoms with Crippen LogP contribution in [0.15, 0.2) is 28.5 Å². The van der Waals surface area contributed by atoms with Gasteiger partial charge in [-0.05, 0) is 13.0 Å². The van der Waals surface area contributed by atoms with Crippen LogP contribution in [-0.2, 0) is 10.0 Å². The summed E-state index contributed by atoms with van der Waals surface area (Å²) in [6, 6.07) is 3.21. The highest BCUT2D eigenvalue weighted by molar-refractivity contribution is 7.93. The Labute approximate surface area is 123 Å². The lowest BCUT2D eigenvalue weighted by atomic mass is 10.3. The minimum atomic E-state index is -4.03.